The Labute approximate surface area is 110 Å². The molecule has 0 aromatic carbocycles. The van der Waals surface area contributed by atoms with Gasteiger partial charge in [-0.3, -0.25) is 9.00 Å². The highest BCUT2D eigenvalue weighted by molar-refractivity contribution is 7.85. The Morgan fingerprint density at radius 2 is 2.06 bits per heavy atom. The number of ether oxygens (including phenoxy) is 2. The maximum Gasteiger partial charge on any atom is 0.303 e. The van der Waals surface area contributed by atoms with E-state index in [2.05, 4.69) is 0 Å². The quantitative estimate of drug-likeness (QED) is 0.572. The van der Waals surface area contributed by atoms with E-state index in [0.717, 1.165) is 19.3 Å². The summed E-state index contributed by atoms with van der Waals surface area (Å²) in [4.78, 5) is 10.7. The van der Waals surface area contributed by atoms with Gasteiger partial charge in [0.05, 0.1) is 13.0 Å². The van der Waals surface area contributed by atoms with E-state index in [9.17, 15) is 9.00 Å². The molecule has 0 aromatic heterocycles. The molecular weight excluding hydrogens is 256 g/mol. The van der Waals surface area contributed by atoms with Gasteiger partial charge in [0.25, 0.3) is 0 Å². The summed E-state index contributed by atoms with van der Waals surface area (Å²) >= 11 is 0. The predicted octanol–water partition coefficient (Wildman–Crippen LogP) is 1.04. The van der Waals surface area contributed by atoms with E-state index < -0.39 is 16.8 Å². The Balaban J connectivity index is 2.05. The molecule has 0 saturated heterocycles. The van der Waals surface area contributed by atoms with Gasteiger partial charge in [0, 0.05) is 42.6 Å². The van der Waals surface area contributed by atoms with Crippen molar-refractivity contribution in [2.24, 2.45) is 5.41 Å². The summed E-state index contributed by atoms with van der Waals surface area (Å²) in [6.45, 7) is 1.76. The van der Waals surface area contributed by atoms with Crippen molar-refractivity contribution in [3.63, 3.8) is 0 Å². The van der Waals surface area contributed by atoms with Gasteiger partial charge in [-0.15, -0.1) is 0 Å². The van der Waals surface area contributed by atoms with Crippen LogP contribution in [0.4, 0.5) is 0 Å². The molecule has 0 radical (unpaired) electrons. The third-order valence-electron chi connectivity index (χ3n) is 3.04. The number of carboxylic acids is 1. The van der Waals surface area contributed by atoms with E-state index in [1.54, 1.807) is 7.11 Å². The lowest BCUT2D eigenvalue weighted by molar-refractivity contribution is -0.138. The maximum atomic E-state index is 11.8. The van der Waals surface area contributed by atoms with Crippen LogP contribution in [0.2, 0.25) is 0 Å². The first-order valence-electron chi connectivity index (χ1n) is 6.21. The van der Waals surface area contributed by atoms with Crippen molar-refractivity contribution in [2.45, 2.75) is 25.7 Å². The second-order valence-corrected chi connectivity index (χ2v) is 6.39. The molecule has 0 spiro atoms. The minimum atomic E-state index is -0.970. The van der Waals surface area contributed by atoms with Crippen molar-refractivity contribution in [3.8, 4) is 0 Å². The van der Waals surface area contributed by atoms with Crippen LogP contribution in [0.1, 0.15) is 25.7 Å². The molecule has 0 heterocycles. The maximum absolute atomic E-state index is 11.8. The summed E-state index contributed by atoms with van der Waals surface area (Å²) in [5, 5.41) is 8.76. The standard InChI is InChI=1S/C12H22O5S/c1-16-5-2-6-17-7-8-18(15)10-12(3-4-12)9-11(13)14/h2-10H2,1H3,(H,13,14). The highest BCUT2D eigenvalue weighted by Crippen LogP contribution is 2.49. The van der Waals surface area contributed by atoms with Crippen molar-refractivity contribution in [1.29, 1.82) is 0 Å². The second kappa shape index (κ2) is 7.86. The largest absolute Gasteiger partial charge is 0.481 e. The molecule has 0 aromatic rings. The van der Waals surface area contributed by atoms with E-state index >= 15 is 0 Å². The SMILES string of the molecule is COCCCOCCS(=O)CC1(CC(=O)O)CC1. The number of methoxy groups -OCH3 is 1. The smallest absolute Gasteiger partial charge is 0.303 e. The van der Waals surface area contributed by atoms with E-state index in [1.165, 1.54) is 0 Å². The topological polar surface area (TPSA) is 72.8 Å². The molecule has 1 N–H and O–H groups in total. The van der Waals surface area contributed by atoms with Gasteiger partial charge in [-0.25, -0.2) is 0 Å². The van der Waals surface area contributed by atoms with E-state index in [0.29, 0.717) is 31.3 Å². The van der Waals surface area contributed by atoms with Crippen LogP contribution in [0.15, 0.2) is 0 Å². The lowest BCUT2D eigenvalue weighted by Gasteiger charge is -2.11. The zero-order valence-electron chi connectivity index (χ0n) is 10.9. The monoisotopic (exact) mass is 278 g/mol. The zero-order valence-corrected chi connectivity index (χ0v) is 11.7. The minimum absolute atomic E-state index is 0.146. The molecule has 1 aliphatic carbocycles. The number of aliphatic carboxylic acids is 1. The third kappa shape index (κ3) is 6.47. The van der Waals surface area contributed by atoms with Gasteiger partial charge in [-0.1, -0.05) is 0 Å². The fourth-order valence-corrected chi connectivity index (χ4v) is 3.36. The van der Waals surface area contributed by atoms with Crippen LogP contribution in [0.3, 0.4) is 0 Å². The zero-order chi connectivity index (χ0) is 13.4. The first-order chi connectivity index (χ1) is 8.58. The molecule has 1 unspecified atom stereocenters. The average Bonchev–Trinajstić information content (AvgIpc) is 3.01. The Morgan fingerprint density at radius 3 is 2.61 bits per heavy atom. The second-order valence-electron chi connectivity index (χ2n) is 4.82. The van der Waals surface area contributed by atoms with E-state index in [4.69, 9.17) is 14.6 Å². The predicted molar refractivity (Wildman–Crippen MR) is 69.1 cm³/mol. The molecule has 1 rings (SSSR count). The number of carboxylic acid groups (broad SMARTS) is 1. The first kappa shape index (κ1) is 15.6. The third-order valence-corrected chi connectivity index (χ3v) is 4.60. The molecule has 18 heavy (non-hydrogen) atoms. The summed E-state index contributed by atoms with van der Waals surface area (Å²) in [6.07, 6.45) is 2.76. The molecule has 1 saturated carbocycles. The van der Waals surface area contributed by atoms with Gasteiger partial charge in [0.2, 0.25) is 0 Å². The van der Waals surface area contributed by atoms with Crippen LogP contribution in [-0.4, -0.2) is 53.7 Å². The molecule has 0 aliphatic heterocycles. The molecule has 106 valence electrons. The molecule has 0 amide bonds. The first-order valence-corrected chi connectivity index (χ1v) is 7.70. The summed E-state index contributed by atoms with van der Waals surface area (Å²) < 4.78 is 22.0. The van der Waals surface area contributed by atoms with Crippen LogP contribution in [0, 0.1) is 5.41 Å². The van der Waals surface area contributed by atoms with Crippen molar-refractivity contribution < 1.29 is 23.6 Å². The van der Waals surface area contributed by atoms with Gasteiger partial charge in [0.15, 0.2) is 0 Å². The van der Waals surface area contributed by atoms with Crippen LogP contribution in [-0.2, 0) is 25.1 Å². The molecule has 1 fully saturated rings. The Morgan fingerprint density at radius 1 is 1.33 bits per heavy atom. The average molecular weight is 278 g/mol. The highest BCUT2D eigenvalue weighted by atomic mass is 32.2. The fourth-order valence-electron chi connectivity index (χ4n) is 1.84. The Bertz CT molecular complexity index is 288. The minimum Gasteiger partial charge on any atom is -0.481 e. The number of rotatable bonds is 11. The van der Waals surface area contributed by atoms with Crippen molar-refractivity contribution in [3.05, 3.63) is 0 Å². The molecule has 6 heteroatoms. The lowest BCUT2D eigenvalue weighted by Crippen LogP contribution is -2.20. The van der Waals surface area contributed by atoms with Gasteiger partial charge in [-0.2, -0.15) is 0 Å². The summed E-state index contributed by atoms with van der Waals surface area (Å²) in [5.41, 5.74) is -0.188. The number of carbonyl (C=O) groups is 1. The Kier molecular flexibility index (Phi) is 6.81. The molecular formula is C12H22O5S. The summed E-state index contributed by atoms with van der Waals surface area (Å²) in [6, 6.07) is 0. The van der Waals surface area contributed by atoms with Gasteiger partial charge in [0.1, 0.15) is 0 Å². The van der Waals surface area contributed by atoms with Crippen LogP contribution >= 0.6 is 0 Å². The number of hydrogen-bond acceptors (Lipinski definition) is 4. The van der Waals surface area contributed by atoms with E-state index in [-0.39, 0.29) is 11.8 Å². The molecule has 1 aliphatic rings. The fraction of sp³-hybridized carbons (Fsp3) is 0.917. The molecule has 5 nitrogen and oxygen atoms in total. The van der Waals surface area contributed by atoms with Gasteiger partial charge in [-0.05, 0) is 24.7 Å². The van der Waals surface area contributed by atoms with Crippen LogP contribution in [0.25, 0.3) is 0 Å². The Hall–Kier alpha value is -0.460. The van der Waals surface area contributed by atoms with Crippen LogP contribution in [0.5, 0.6) is 0 Å². The summed E-state index contributed by atoms with van der Waals surface area (Å²) in [7, 11) is 0.675. The van der Waals surface area contributed by atoms with Gasteiger partial charge >= 0.3 is 5.97 Å². The van der Waals surface area contributed by atoms with Crippen LogP contribution < -0.4 is 0 Å². The van der Waals surface area contributed by atoms with Crippen molar-refractivity contribution in [2.75, 3.05) is 38.4 Å². The lowest BCUT2D eigenvalue weighted by atomic mass is 10.1. The van der Waals surface area contributed by atoms with E-state index in [1.807, 2.05) is 0 Å². The molecule has 0 bridgehead atoms. The van der Waals surface area contributed by atoms with Crippen molar-refractivity contribution in [1.82, 2.24) is 0 Å². The number of hydrogen-bond donors (Lipinski definition) is 1. The van der Waals surface area contributed by atoms with Gasteiger partial charge < -0.3 is 14.6 Å². The molecule has 1 atom stereocenters. The normalized spacial score (nSPS) is 18.5. The van der Waals surface area contributed by atoms with Crippen molar-refractivity contribution >= 4 is 16.8 Å². The summed E-state index contributed by atoms with van der Waals surface area (Å²) in [5.74, 6) is 0.204. The highest BCUT2D eigenvalue weighted by Gasteiger charge is 2.45.